The zero-order valence-electron chi connectivity index (χ0n) is 52.0. The van der Waals surface area contributed by atoms with E-state index in [9.17, 15) is 0 Å². The molecule has 4 heterocycles. The van der Waals surface area contributed by atoms with Crippen LogP contribution in [-0.4, -0.2) is 13.4 Å². The highest BCUT2D eigenvalue weighted by atomic mass is 15.2. The zero-order valence-corrected chi connectivity index (χ0v) is 52.0. The lowest BCUT2D eigenvalue weighted by Crippen LogP contribution is -2.65. The van der Waals surface area contributed by atoms with Gasteiger partial charge < -0.3 is 29.4 Å². The Kier molecular flexibility index (Phi) is 13.4. The van der Waals surface area contributed by atoms with Crippen molar-refractivity contribution in [2.24, 2.45) is 0 Å². The van der Waals surface area contributed by atoms with E-state index in [-0.39, 0.29) is 25.3 Å². The second-order valence-electron chi connectivity index (χ2n) is 25.2. The van der Waals surface area contributed by atoms with Crippen molar-refractivity contribution in [1.29, 1.82) is 0 Å². The smallest absolute Gasteiger partial charge is 0.252 e. The maximum atomic E-state index is 2.64. The summed E-state index contributed by atoms with van der Waals surface area (Å²) in [5.74, 6) is 0.517. The van der Waals surface area contributed by atoms with E-state index in [2.05, 4.69) is 373 Å². The van der Waals surface area contributed by atoms with Gasteiger partial charge in [0, 0.05) is 91.0 Å². The molecule has 17 rings (SSSR count). The first-order chi connectivity index (χ1) is 45.4. The third-order valence-corrected chi connectivity index (χ3v) is 19.2. The summed E-state index contributed by atoms with van der Waals surface area (Å²) in [5.41, 5.74) is 30.4. The molecule has 92 heavy (non-hydrogen) atoms. The molecule has 0 spiro atoms. The summed E-state index contributed by atoms with van der Waals surface area (Å²) in [6.07, 6.45) is 0. The van der Waals surface area contributed by atoms with Crippen LogP contribution in [0.1, 0.15) is 50.7 Å². The van der Waals surface area contributed by atoms with Crippen LogP contribution in [0.25, 0.3) is 0 Å². The molecule has 6 nitrogen and oxygen atoms in total. The third kappa shape index (κ3) is 8.80. The van der Waals surface area contributed by atoms with E-state index in [1.54, 1.807) is 0 Å². The van der Waals surface area contributed by atoms with Gasteiger partial charge in [0.05, 0.1) is 11.4 Å². The maximum absolute atomic E-state index is 2.64. The SMILES string of the molecule is CC(C)c1ccccc1N(c1cc2c3c(c1)N(c1ccccc1)c1cc4c(cc1B3c1ccccc1N2c1ccccc1)B1c2ccccc2N(c2ccccc2)c2cc(N(c3ccccc3)c3ccccc3)cc(c21)N4c1ccccc1)c1ccccc1C(C)C. The molecule has 438 valence electrons. The van der Waals surface area contributed by atoms with Gasteiger partial charge in [0.15, 0.2) is 0 Å². The van der Waals surface area contributed by atoms with Gasteiger partial charge in [-0.1, -0.05) is 216 Å². The fraction of sp³-hybridized carbons (Fsp3) is 0.0714. The fourth-order valence-electron chi connectivity index (χ4n) is 15.4. The summed E-state index contributed by atoms with van der Waals surface area (Å²) in [5, 5.41) is 0. The van der Waals surface area contributed by atoms with Crippen LogP contribution in [-0.2, 0) is 0 Å². The molecule has 0 saturated heterocycles. The van der Waals surface area contributed by atoms with Gasteiger partial charge in [-0.3, -0.25) is 0 Å². The molecule has 0 N–H and O–H groups in total. The van der Waals surface area contributed by atoms with Gasteiger partial charge in [-0.05, 0) is 183 Å². The first-order valence-corrected chi connectivity index (χ1v) is 32.4. The Balaban J connectivity index is 1.00. The highest BCUT2D eigenvalue weighted by Crippen LogP contribution is 2.53. The van der Waals surface area contributed by atoms with E-state index in [4.69, 9.17) is 0 Å². The van der Waals surface area contributed by atoms with Crippen LogP contribution >= 0.6 is 0 Å². The van der Waals surface area contributed by atoms with Gasteiger partial charge >= 0.3 is 0 Å². The van der Waals surface area contributed by atoms with Gasteiger partial charge in [0.2, 0.25) is 0 Å². The van der Waals surface area contributed by atoms with E-state index in [1.165, 1.54) is 61.0 Å². The van der Waals surface area contributed by atoms with Crippen molar-refractivity contribution in [3.8, 4) is 0 Å². The number of rotatable bonds is 12. The third-order valence-electron chi connectivity index (χ3n) is 19.2. The van der Waals surface area contributed by atoms with E-state index < -0.39 is 0 Å². The number of benzene rings is 13. The molecule has 0 aliphatic carbocycles. The monoisotopic (exact) mass is 1180 g/mol. The molecule has 0 fully saturated rings. The number of anilines is 18. The molecule has 0 saturated carbocycles. The number of nitrogens with zero attached hydrogens (tertiary/aromatic N) is 6. The van der Waals surface area contributed by atoms with Crippen LogP contribution in [0.5, 0.6) is 0 Å². The lowest BCUT2D eigenvalue weighted by atomic mass is 9.30. The number of hydrogen-bond donors (Lipinski definition) is 0. The van der Waals surface area contributed by atoms with Gasteiger partial charge in [0.1, 0.15) is 0 Å². The molecule has 8 heteroatoms. The Morgan fingerprint density at radius 3 is 0.891 bits per heavy atom. The number of hydrogen-bond acceptors (Lipinski definition) is 6. The van der Waals surface area contributed by atoms with Crippen molar-refractivity contribution in [3.63, 3.8) is 0 Å². The summed E-state index contributed by atoms with van der Waals surface area (Å²) in [4.78, 5) is 15.2. The van der Waals surface area contributed by atoms with Crippen LogP contribution in [0, 0.1) is 0 Å². The van der Waals surface area contributed by atoms with E-state index in [1.807, 2.05) is 0 Å². The highest BCUT2D eigenvalue weighted by molar-refractivity contribution is 7.03. The summed E-state index contributed by atoms with van der Waals surface area (Å²) >= 11 is 0. The second-order valence-corrected chi connectivity index (χ2v) is 25.2. The summed E-state index contributed by atoms with van der Waals surface area (Å²) in [7, 11) is 0. The molecule has 13 aromatic rings. The van der Waals surface area contributed by atoms with Crippen LogP contribution in [0.2, 0.25) is 0 Å². The molecule has 4 aliphatic heterocycles. The summed E-state index contributed by atoms with van der Waals surface area (Å²) in [6.45, 7) is 8.97. The van der Waals surface area contributed by atoms with Gasteiger partial charge in [-0.15, -0.1) is 0 Å². The molecule has 0 amide bonds. The van der Waals surface area contributed by atoms with Crippen LogP contribution in [0.15, 0.2) is 315 Å². The Bertz CT molecular complexity index is 4840. The van der Waals surface area contributed by atoms with Crippen molar-refractivity contribution in [2.45, 2.75) is 39.5 Å². The zero-order chi connectivity index (χ0) is 61.6. The van der Waals surface area contributed by atoms with Crippen LogP contribution in [0.4, 0.5) is 102 Å². The lowest BCUT2D eigenvalue weighted by molar-refractivity contribution is 0.854. The Morgan fingerprint density at radius 2 is 0.533 bits per heavy atom. The van der Waals surface area contributed by atoms with Crippen molar-refractivity contribution < 1.29 is 0 Å². The average molecular weight is 1180 g/mol. The van der Waals surface area contributed by atoms with E-state index >= 15 is 0 Å². The van der Waals surface area contributed by atoms with E-state index in [0.29, 0.717) is 0 Å². The maximum Gasteiger partial charge on any atom is 0.252 e. The standard InChI is InChI=1S/C84H66B2N6/c1-57(2)67-43-23-27-47-73(67)92(74-48-28-24-44-68(74)58(3)4)66-53-80-84-82(54-66)91(64-41-21-10-22-42-64)78-56-77-71(55-72(78)86(84)70-46-26-30-50-76(70)89(80)62-37-17-8-18-38-62)85-69-45-25-29-49-75(69)88(61-35-15-7-16-36-61)79-51-65(52-81(83(79)85)90(77)63-39-19-9-20-40-63)87(59-31-11-5-12-32-59)60-33-13-6-14-34-60/h5-58H,1-4H3. The fourth-order valence-corrected chi connectivity index (χ4v) is 15.4. The van der Waals surface area contributed by atoms with Crippen molar-refractivity contribution >= 4 is 149 Å². The summed E-state index contributed by atoms with van der Waals surface area (Å²) < 4.78 is 0. The minimum Gasteiger partial charge on any atom is -0.311 e. The average Bonchev–Trinajstić information content (AvgIpc) is 0.688. The highest BCUT2D eigenvalue weighted by Gasteiger charge is 2.49. The van der Waals surface area contributed by atoms with Crippen LogP contribution < -0.4 is 62.2 Å². The Labute approximate surface area is 540 Å². The Morgan fingerprint density at radius 1 is 0.239 bits per heavy atom. The molecule has 4 aliphatic rings. The summed E-state index contributed by atoms with van der Waals surface area (Å²) in [6, 6.07) is 118. The molecular formula is C84H66B2N6. The lowest BCUT2D eigenvalue weighted by Gasteiger charge is -2.48. The largest absolute Gasteiger partial charge is 0.311 e. The van der Waals surface area contributed by atoms with Gasteiger partial charge in [0.25, 0.3) is 13.4 Å². The Hall–Kier alpha value is -11.2. The molecule has 0 aromatic heterocycles. The molecule has 0 radical (unpaired) electrons. The quantitative estimate of drug-likeness (QED) is 0.113. The molecule has 0 unspecified atom stereocenters. The van der Waals surface area contributed by atoms with Gasteiger partial charge in [-0.25, -0.2) is 0 Å². The minimum absolute atomic E-state index is 0.156. The van der Waals surface area contributed by atoms with Crippen LogP contribution in [0.3, 0.4) is 0 Å². The molecule has 0 bridgehead atoms. The first kappa shape index (κ1) is 54.9. The molecule has 13 aromatic carbocycles. The van der Waals surface area contributed by atoms with Gasteiger partial charge in [-0.2, -0.15) is 0 Å². The minimum atomic E-state index is -0.164. The van der Waals surface area contributed by atoms with Crippen molar-refractivity contribution in [2.75, 3.05) is 29.4 Å². The molecule has 0 atom stereocenters. The number of fused-ring (bicyclic) bond motifs is 8. The normalized spacial score (nSPS) is 13.1. The second kappa shape index (κ2) is 22.4. The van der Waals surface area contributed by atoms with Crippen molar-refractivity contribution in [1.82, 2.24) is 0 Å². The topological polar surface area (TPSA) is 19.4 Å². The van der Waals surface area contributed by atoms with Crippen molar-refractivity contribution in [3.05, 3.63) is 327 Å². The predicted octanol–water partition coefficient (Wildman–Crippen LogP) is 19.0. The predicted molar refractivity (Wildman–Crippen MR) is 392 cm³/mol. The molecular weight excluding hydrogens is 1110 g/mol. The number of para-hydroxylation sites is 10. The first-order valence-electron chi connectivity index (χ1n) is 32.4. The van der Waals surface area contributed by atoms with E-state index in [0.717, 1.165) is 85.3 Å².